The molecule has 40 heavy (non-hydrogen) atoms. The van der Waals surface area contributed by atoms with Crippen molar-refractivity contribution in [2.75, 3.05) is 17.4 Å². The van der Waals surface area contributed by atoms with Crippen LogP contribution >= 0.6 is 23.2 Å². The smallest absolute Gasteiger partial charge is 0.264 e. The number of benzene rings is 3. The number of anilines is 1. The molecule has 1 atom stereocenters. The number of rotatable bonds is 12. The SMILES string of the molecule is CCCNC(=O)[C@@H](CC)N(Cc1ccccc1Cl)C(=O)CN(c1cccc(Cl)c1C)S(=O)(=O)c1ccc(C)cc1. The summed E-state index contributed by atoms with van der Waals surface area (Å²) in [7, 11) is -4.19. The highest BCUT2D eigenvalue weighted by atomic mass is 35.5. The van der Waals surface area contributed by atoms with E-state index in [2.05, 4.69) is 5.32 Å². The van der Waals surface area contributed by atoms with Gasteiger partial charge in [0.2, 0.25) is 11.8 Å². The van der Waals surface area contributed by atoms with Gasteiger partial charge in [-0.1, -0.05) is 79.0 Å². The molecule has 214 valence electrons. The third kappa shape index (κ3) is 7.36. The number of halogens is 2. The van der Waals surface area contributed by atoms with Crippen molar-refractivity contribution in [2.24, 2.45) is 0 Å². The second-order valence-corrected chi connectivity index (χ2v) is 12.2. The lowest BCUT2D eigenvalue weighted by atomic mass is 10.1. The van der Waals surface area contributed by atoms with Crippen LogP contribution in [0.3, 0.4) is 0 Å². The Morgan fingerprint density at radius 3 is 2.17 bits per heavy atom. The van der Waals surface area contributed by atoms with Crippen molar-refractivity contribution in [3.63, 3.8) is 0 Å². The first-order valence-corrected chi connectivity index (χ1v) is 15.4. The van der Waals surface area contributed by atoms with E-state index in [1.54, 1.807) is 61.5 Å². The summed E-state index contributed by atoms with van der Waals surface area (Å²) in [6.45, 7) is 7.26. The molecule has 3 rings (SSSR count). The lowest BCUT2D eigenvalue weighted by Gasteiger charge is -2.33. The van der Waals surface area contributed by atoms with Gasteiger partial charge in [-0.05, 0) is 68.1 Å². The van der Waals surface area contributed by atoms with Crippen LogP contribution in [0.1, 0.15) is 43.4 Å². The third-order valence-electron chi connectivity index (χ3n) is 6.63. The average molecular weight is 605 g/mol. The van der Waals surface area contributed by atoms with Gasteiger partial charge in [0.15, 0.2) is 0 Å². The van der Waals surface area contributed by atoms with Crippen LogP contribution in [-0.4, -0.2) is 44.3 Å². The van der Waals surface area contributed by atoms with E-state index in [4.69, 9.17) is 23.2 Å². The van der Waals surface area contributed by atoms with Gasteiger partial charge in [0.1, 0.15) is 12.6 Å². The van der Waals surface area contributed by atoms with Crippen molar-refractivity contribution in [3.05, 3.63) is 93.5 Å². The first-order valence-electron chi connectivity index (χ1n) is 13.2. The minimum Gasteiger partial charge on any atom is -0.354 e. The van der Waals surface area contributed by atoms with E-state index < -0.39 is 28.5 Å². The monoisotopic (exact) mass is 603 g/mol. The molecule has 0 fully saturated rings. The maximum atomic E-state index is 14.1. The Morgan fingerprint density at radius 1 is 0.900 bits per heavy atom. The number of nitrogens with one attached hydrogen (secondary N) is 1. The molecular formula is C30H35Cl2N3O4S. The molecule has 0 heterocycles. The van der Waals surface area contributed by atoms with E-state index in [0.29, 0.717) is 34.1 Å². The van der Waals surface area contributed by atoms with E-state index in [0.717, 1.165) is 16.3 Å². The van der Waals surface area contributed by atoms with Gasteiger partial charge in [-0.15, -0.1) is 0 Å². The molecule has 3 aromatic carbocycles. The highest BCUT2D eigenvalue weighted by molar-refractivity contribution is 7.92. The van der Waals surface area contributed by atoms with Gasteiger partial charge in [0.25, 0.3) is 10.0 Å². The molecule has 0 aliphatic rings. The summed E-state index contributed by atoms with van der Waals surface area (Å²) in [5, 5.41) is 3.68. The van der Waals surface area contributed by atoms with E-state index in [9.17, 15) is 18.0 Å². The largest absolute Gasteiger partial charge is 0.354 e. The fourth-order valence-electron chi connectivity index (χ4n) is 4.31. The van der Waals surface area contributed by atoms with Crippen molar-refractivity contribution in [3.8, 4) is 0 Å². The number of carbonyl (C=O) groups is 2. The molecule has 0 unspecified atom stereocenters. The molecule has 0 aliphatic carbocycles. The first-order chi connectivity index (χ1) is 19.0. The summed E-state index contributed by atoms with van der Waals surface area (Å²) in [4.78, 5) is 28.7. The summed E-state index contributed by atoms with van der Waals surface area (Å²) in [6.07, 6.45) is 1.06. The average Bonchev–Trinajstić information content (AvgIpc) is 2.93. The molecule has 0 aliphatic heterocycles. The predicted molar refractivity (Wildman–Crippen MR) is 161 cm³/mol. The fourth-order valence-corrected chi connectivity index (χ4v) is 6.15. The zero-order valence-corrected chi connectivity index (χ0v) is 25.5. The number of nitrogens with zero attached hydrogens (tertiary/aromatic N) is 2. The molecule has 2 amide bonds. The lowest BCUT2D eigenvalue weighted by Crippen LogP contribution is -2.52. The van der Waals surface area contributed by atoms with Gasteiger partial charge in [0.05, 0.1) is 10.6 Å². The Morgan fingerprint density at radius 2 is 1.55 bits per heavy atom. The Hall–Kier alpha value is -3.07. The molecule has 0 bridgehead atoms. The van der Waals surface area contributed by atoms with Crippen LogP contribution in [0.15, 0.2) is 71.6 Å². The number of hydrogen-bond acceptors (Lipinski definition) is 4. The van der Waals surface area contributed by atoms with Crippen LogP contribution in [-0.2, 0) is 26.2 Å². The highest BCUT2D eigenvalue weighted by Gasteiger charge is 2.34. The van der Waals surface area contributed by atoms with Crippen molar-refractivity contribution in [1.29, 1.82) is 0 Å². The lowest BCUT2D eigenvalue weighted by molar-refractivity contribution is -0.140. The summed E-state index contributed by atoms with van der Waals surface area (Å²) >= 11 is 12.8. The molecule has 0 saturated carbocycles. The summed E-state index contributed by atoms with van der Waals surface area (Å²) in [5.74, 6) is -0.856. The zero-order chi connectivity index (χ0) is 29.4. The Labute approximate surface area is 247 Å². The minimum absolute atomic E-state index is 0.0313. The highest BCUT2D eigenvalue weighted by Crippen LogP contribution is 2.31. The molecule has 7 nitrogen and oxygen atoms in total. The van der Waals surface area contributed by atoms with Gasteiger partial charge < -0.3 is 10.2 Å². The van der Waals surface area contributed by atoms with Gasteiger partial charge in [-0.2, -0.15) is 0 Å². The predicted octanol–water partition coefficient (Wildman–Crippen LogP) is 6.14. The molecule has 3 aromatic rings. The van der Waals surface area contributed by atoms with E-state index in [1.165, 1.54) is 17.0 Å². The fraction of sp³-hybridized carbons (Fsp3) is 0.333. The second kappa shape index (κ2) is 14.0. The van der Waals surface area contributed by atoms with Crippen molar-refractivity contribution < 1.29 is 18.0 Å². The molecule has 0 aromatic heterocycles. The molecule has 1 N–H and O–H groups in total. The van der Waals surface area contributed by atoms with Crippen LogP contribution in [0.2, 0.25) is 10.0 Å². The number of hydrogen-bond donors (Lipinski definition) is 1. The van der Waals surface area contributed by atoms with Gasteiger partial charge in [-0.3, -0.25) is 13.9 Å². The normalized spacial score (nSPS) is 12.1. The Bertz CT molecular complexity index is 1450. The van der Waals surface area contributed by atoms with Crippen LogP contribution in [0, 0.1) is 13.8 Å². The van der Waals surface area contributed by atoms with Gasteiger partial charge in [0, 0.05) is 23.1 Å². The first kappa shape index (κ1) is 31.5. The topological polar surface area (TPSA) is 86.8 Å². The van der Waals surface area contributed by atoms with Crippen LogP contribution in [0.4, 0.5) is 5.69 Å². The van der Waals surface area contributed by atoms with E-state index in [-0.39, 0.29) is 23.0 Å². The minimum atomic E-state index is -4.19. The quantitative estimate of drug-likeness (QED) is 0.269. The molecule has 10 heteroatoms. The summed E-state index contributed by atoms with van der Waals surface area (Å²) in [5.41, 5.74) is 2.34. The van der Waals surface area contributed by atoms with Crippen molar-refractivity contribution in [2.45, 2.75) is 58.0 Å². The number of sulfonamides is 1. The third-order valence-corrected chi connectivity index (χ3v) is 9.18. The van der Waals surface area contributed by atoms with Gasteiger partial charge >= 0.3 is 0 Å². The number of carbonyl (C=O) groups excluding carboxylic acids is 2. The zero-order valence-electron chi connectivity index (χ0n) is 23.2. The molecular weight excluding hydrogens is 569 g/mol. The molecule has 0 spiro atoms. The maximum absolute atomic E-state index is 14.1. The number of amides is 2. The Balaban J connectivity index is 2.11. The Kier molecular flexibility index (Phi) is 11.0. The molecule has 0 saturated heterocycles. The maximum Gasteiger partial charge on any atom is 0.264 e. The van der Waals surface area contributed by atoms with Gasteiger partial charge in [-0.25, -0.2) is 8.42 Å². The van der Waals surface area contributed by atoms with E-state index in [1.807, 2.05) is 20.8 Å². The van der Waals surface area contributed by atoms with E-state index >= 15 is 0 Å². The van der Waals surface area contributed by atoms with Crippen LogP contribution in [0.5, 0.6) is 0 Å². The molecule has 0 radical (unpaired) electrons. The van der Waals surface area contributed by atoms with Crippen LogP contribution < -0.4 is 9.62 Å². The summed E-state index contributed by atoms with van der Waals surface area (Å²) < 4.78 is 29.1. The number of aryl methyl sites for hydroxylation is 1. The van der Waals surface area contributed by atoms with Crippen molar-refractivity contribution >= 4 is 50.7 Å². The standard InChI is InChI=1S/C30H35Cl2N3O4S/c1-5-18-33-30(37)27(6-2)34(19-23-10-7-8-11-26(23)32)29(36)20-35(28-13-9-12-25(31)22(28)4)40(38,39)24-16-14-21(3)15-17-24/h7-17,27H,5-6,18-20H2,1-4H3,(H,33,37)/t27-/m1/s1. The second-order valence-electron chi connectivity index (χ2n) is 9.54. The van der Waals surface area contributed by atoms with Crippen molar-refractivity contribution in [1.82, 2.24) is 10.2 Å². The van der Waals surface area contributed by atoms with Crippen LogP contribution in [0.25, 0.3) is 0 Å². The summed E-state index contributed by atoms with van der Waals surface area (Å²) in [6, 6.07) is 17.6.